The van der Waals surface area contributed by atoms with Crippen molar-refractivity contribution in [2.75, 3.05) is 50.5 Å². The second-order valence-corrected chi connectivity index (χ2v) is 10.2. The average Bonchev–Trinajstić information content (AvgIpc) is 3.34. The number of nitrogens with one attached hydrogen (secondary N) is 2. The standard InChI is InChI=1S/C27H29FN8O2S/c1-17(37)36-12-10-35(11-13-36)16-18-8-9-30-23(14-18)32-27-31-22-6-7-24(33-26(22)39-27)34(3)19-4-5-21(28)20(15-19)25(38)29-2/h4-9,14-15H,10-13,16H2,1-3H3,(H,29,38)(H,30,31,32). The summed E-state index contributed by atoms with van der Waals surface area (Å²) in [6.07, 6.45) is 1.78. The molecule has 0 radical (unpaired) electrons. The van der Waals surface area contributed by atoms with Crippen molar-refractivity contribution in [3.8, 4) is 0 Å². The second-order valence-electron chi connectivity index (χ2n) is 9.27. The third-order valence-corrected chi connectivity index (χ3v) is 7.56. The number of thiazole rings is 1. The van der Waals surface area contributed by atoms with Gasteiger partial charge in [-0.25, -0.2) is 19.3 Å². The second kappa shape index (κ2) is 11.3. The third kappa shape index (κ3) is 5.96. The number of pyridine rings is 2. The van der Waals surface area contributed by atoms with Crippen LogP contribution in [0.25, 0.3) is 10.3 Å². The van der Waals surface area contributed by atoms with Gasteiger partial charge in [0.15, 0.2) is 5.13 Å². The molecule has 202 valence electrons. The van der Waals surface area contributed by atoms with Crippen LogP contribution in [0.5, 0.6) is 0 Å². The number of amides is 2. The normalized spacial score (nSPS) is 13.9. The lowest BCUT2D eigenvalue weighted by atomic mass is 10.1. The van der Waals surface area contributed by atoms with Crippen molar-refractivity contribution in [1.29, 1.82) is 0 Å². The first-order valence-corrected chi connectivity index (χ1v) is 13.3. The number of hydrogen-bond acceptors (Lipinski definition) is 9. The molecule has 5 rings (SSSR count). The Morgan fingerprint density at radius 1 is 1.08 bits per heavy atom. The Balaban J connectivity index is 1.28. The number of hydrogen-bond donors (Lipinski definition) is 2. The van der Waals surface area contributed by atoms with Gasteiger partial charge < -0.3 is 20.4 Å². The van der Waals surface area contributed by atoms with Crippen LogP contribution in [0, 0.1) is 5.82 Å². The molecule has 1 aromatic carbocycles. The van der Waals surface area contributed by atoms with Crippen molar-refractivity contribution < 1.29 is 14.0 Å². The number of anilines is 4. The minimum Gasteiger partial charge on any atom is -0.355 e. The monoisotopic (exact) mass is 548 g/mol. The molecule has 2 amide bonds. The van der Waals surface area contributed by atoms with Crippen molar-refractivity contribution in [1.82, 2.24) is 30.1 Å². The lowest BCUT2D eigenvalue weighted by Crippen LogP contribution is -2.47. The van der Waals surface area contributed by atoms with E-state index < -0.39 is 11.7 Å². The molecule has 1 aliphatic heterocycles. The van der Waals surface area contributed by atoms with Gasteiger partial charge >= 0.3 is 0 Å². The number of nitrogens with zero attached hydrogens (tertiary/aromatic N) is 6. The minimum atomic E-state index is -0.582. The Kier molecular flexibility index (Phi) is 7.66. The maximum Gasteiger partial charge on any atom is 0.254 e. The number of fused-ring (bicyclic) bond motifs is 1. The van der Waals surface area contributed by atoms with Crippen LogP contribution in [-0.2, 0) is 11.3 Å². The highest BCUT2D eigenvalue weighted by Crippen LogP contribution is 2.31. The van der Waals surface area contributed by atoms with E-state index in [-0.39, 0.29) is 11.5 Å². The molecule has 39 heavy (non-hydrogen) atoms. The first-order valence-electron chi connectivity index (χ1n) is 12.5. The van der Waals surface area contributed by atoms with Crippen LogP contribution in [0.3, 0.4) is 0 Å². The van der Waals surface area contributed by atoms with Gasteiger partial charge in [0.05, 0.1) is 5.56 Å². The fourth-order valence-electron chi connectivity index (χ4n) is 4.44. The topological polar surface area (TPSA) is 107 Å². The molecule has 3 aromatic heterocycles. The van der Waals surface area contributed by atoms with Gasteiger partial charge in [0.1, 0.15) is 27.8 Å². The van der Waals surface area contributed by atoms with Gasteiger partial charge in [-0.15, -0.1) is 0 Å². The number of benzene rings is 1. The highest BCUT2D eigenvalue weighted by Gasteiger charge is 2.19. The molecule has 0 aliphatic carbocycles. The van der Waals surface area contributed by atoms with E-state index in [2.05, 4.69) is 25.5 Å². The summed E-state index contributed by atoms with van der Waals surface area (Å²) in [4.78, 5) is 44.1. The Morgan fingerprint density at radius 2 is 1.87 bits per heavy atom. The zero-order chi connectivity index (χ0) is 27.5. The van der Waals surface area contributed by atoms with Crippen LogP contribution >= 0.6 is 11.3 Å². The number of piperazine rings is 1. The van der Waals surface area contributed by atoms with Crippen LogP contribution in [0.4, 0.5) is 26.8 Å². The van der Waals surface area contributed by atoms with Gasteiger partial charge in [-0.3, -0.25) is 14.5 Å². The van der Waals surface area contributed by atoms with E-state index in [9.17, 15) is 14.0 Å². The number of halogens is 1. The largest absolute Gasteiger partial charge is 0.355 e. The zero-order valence-corrected chi connectivity index (χ0v) is 22.8. The molecule has 0 bridgehead atoms. The molecule has 1 aliphatic rings. The van der Waals surface area contributed by atoms with Crippen LogP contribution in [0.2, 0.25) is 0 Å². The quantitative estimate of drug-likeness (QED) is 0.360. The van der Waals surface area contributed by atoms with Gasteiger partial charge in [-0.2, -0.15) is 0 Å². The highest BCUT2D eigenvalue weighted by atomic mass is 32.1. The molecule has 0 spiro atoms. The fraction of sp³-hybridized carbons (Fsp3) is 0.296. The predicted octanol–water partition coefficient (Wildman–Crippen LogP) is 3.76. The Bertz CT molecular complexity index is 1520. The van der Waals surface area contributed by atoms with Crippen molar-refractivity contribution >= 4 is 56.0 Å². The van der Waals surface area contributed by atoms with E-state index in [1.807, 2.05) is 36.2 Å². The maximum absolute atomic E-state index is 14.1. The van der Waals surface area contributed by atoms with Gasteiger partial charge in [-0.1, -0.05) is 11.3 Å². The third-order valence-electron chi connectivity index (χ3n) is 6.68. The van der Waals surface area contributed by atoms with E-state index in [1.165, 1.54) is 30.5 Å². The summed E-state index contributed by atoms with van der Waals surface area (Å²) in [7, 11) is 3.28. The molecule has 0 unspecified atom stereocenters. The number of aromatic nitrogens is 3. The zero-order valence-electron chi connectivity index (χ0n) is 21.9. The lowest BCUT2D eigenvalue weighted by molar-refractivity contribution is -0.130. The Labute approximate surface area is 229 Å². The molecule has 4 heterocycles. The van der Waals surface area contributed by atoms with Crippen LogP contribution in [0.15, 0.2) is 48.7 Å². The van der Waals surface area contributed by atoms with Crippen molar-refractivity contribution in [3.05, 3.63) is 65.6 Å². The molecule has 12 heteroatoms. The van der Waals surface area contributed by atoms with E-state index in [4.69, 9.17) is 4.98 Å². The van der Waals surface area contributed by atoms with Gasteiger partial charge in [0.2, 0.25) is 5.91 Å². The number of carbonyl (C=O) groups excluding carboxylic acids is 2. The Morgan fingerprint density at radius 3 is 2.62 bits per heavy atom. The summed E-state index contributed by atoms with van der Waals surface area (Å²) in [5.74, 6) is 0.384. The molecule has 0 atom stereocenters. The van der Waals surface area contributed by atoms with E-state index >= 15 is 0 Å². The molecule has 2 N–H and O–H groups in total. The van der Waals surface area contributed by atoms with E-state index in [1.54, 1.807) is 24.1 Å². The summed E-state index contributed by atoms with van der Waals surface area (Å²) < 4.78 is 14.1. The molecule has 1 saturated heterocycles. The summed E-state index contributed by atoms with van der Waals surface area (Å²) in [6.45, 7) is 5.58. The van der Waals surface area contributed by atoms with Gasteiger partial charge in [0.25, 0.3) is 5.91 Å². The van der Waals surface area contributed by atoms with Crippen molar-refractivity contribution in [2.45, 2.75) is 13.5 Å². The fourth-order valence-corrected chi connectivity index (χ4v) is 5.28. The smallest absolute Gasteiger partial charge is 0.254 e. The molecular weight excluding hydrogens is 519 g/mol. The van der Waals surface area contributed by atoms with Crippen LogP contribution in [0.1, 0.15) is 22.8 Å². The Hall–Kier alpha value is -4.16. The maximum atomic E-state index is 14.1. The van der Waals surface area contributed by atoms with Gasteiger partial charge in [0, 0.05) is 65.6 Å². The lowest BCUT2D eigenvalue weighted by Gasteiger charge is -2.34. The molecular formula is C27H29FN8O2S. The number of rotatable bonds is 7. The summed E-state index contributed by atoms with van der Waals surface area (Å²) in [6, 6.07) is 12.1. The molecule has 10 nitrogen and oxygen atoms in total. The van der Waals surface area contributed by atoms with E-state index in [0.29, 0.717) is 22.5 Å². The predicted molar refractivity (Wildman–Crippen MR) is 150 cm³/mol. The average molecular weight is 549 g/mol. The summed E-state index contributed by atoms with van der Waals surface area (Å²) >= 11 is 1.41. The number of carbonyl (C=O) groups is 2. The van der Waals surface area contributed by atoms with Crippen LogP contribution < -0.4 is 15.5 Å². The first kappa shape index (κ1) is 26.4. The highest BCUT2D eigenvalue weighted by molar-refractivity contribution is 7.21. The molecule has 1 fully saturated rings. The summed E-state index contributed by atoms with van der Waals surface area (Å²) in [5.41, 5.74) is 2.47. The van der Waals surface area contributed by atoms with Crippen molar-refractivity contribution in [3.63, 3.8) is 0 Å². The summed E-state index contributed by atoms with van der Waals surface area (Å²) in [5, 5.41) is 6.42. The van der Waals surface area contributed by atoms with Crippen LogP contribution in [-0.4, -0.2) is 76.8 Å². The van der Waals surface area contributed by atoms with E-state index in [0.717, 1.165) is 48.6 Å². The minimum absolute atomic E-state index is 0.0275. The molecule has 4 aromatic rings. The van der Waals surface area contributed by atoms with Gasteiger partial charge in [-0.05, 0) is 48.0 Å². The molecule has 0 saturated carbocycles. The SMILES string of the molecule is CNC(=O)c1cc(N(C)c2ccc3nc(Nc4cc(CN5CCN(C(C)=O)CC5)ccn4)sc3n2)ccc1F. The van der Waals surface area contributed by atoms with Crippen molar-refractivity contribution in [2.24, 2.45) is 0 Å². The first-order chi connectivity index (χ1) is 18.8.